The summed E-state index contributed by atoms with van der Waals surface area (Å²) in [5.74, 6) is 0. The molecule has 2 unspecified atom stereocenters. The van der Waals surface area contributed by atoms with Crippen LogP contribution in [0.15, 0.2) is 0 Å². The largest absolute Gasteiger partial charge is 0.465 e. The van der Waals surface area contributed by atoms with Crippen molar-refractivity contribution in [1.82, 2.24) is 9.80 Å². The molecule has 74 valence electrons. The molecule has 0 spiro atoms. The highest BCUT2D eigenvalue weighted by atomic mass is 16.4. The van der Waals surface area contributed by atoms with Crippen molar-refractivity contribution in [2.75, 3.05) is 19.6 Å². The summed E-state index contributed by atoms with van der Waals surface area (Å²) in [5, 5.41) is 8.99. The quantitative estimate of drug-likeness (QED) is 0.656. The Kier molecular flexibility index (Phi) is 2.15. The average molecular weight is 184 g/mol. The minimum Gasteiger partial charge on any atom is -0.465 e. The molecular weight excluding hydrogens is 168 g/mol. The zero-order valence-corrected chi connectivity index (χ0v) is 7.94. The number of hydrogen-bond acceptors (Lipinski definition) is 2. The van der Waals surface area contributed by atoms with Crippen LogP contribution in [0.25, 0.3) is 0 Å². The van der Waals surface area contributed by atoms with Crippen molar-refractivity contribution >= 4 is 6.09 Å². The third-order valence-corrected chi connectivity index (χ3v) is 3.23. The molecule has 2 atom stereocenters. The van der Waals surface area contributed by atoms with Crippen molar-refractivity contribution in [3.63, 3.8) is 0 Å². The van der Waals surface area contributed by atoms with Crippen LogP contribution in [-0.2, 0) is 0 Å². The molecule has 1 amide bonds. The van der Waals surface area contributed by atoms with Gasteiger partial charge in [0.25, 0.3) is 0 Å². The molecule has 2 aliphatic rings. The van der Waals surface area contributed by atoms with E-state index in [-0.39, 0.29) is 12.1 Å². The Bertz CT molecular complexity index is 206. The van der Waals surface area contributed by atoms with Gasteiger partial charge in [0.15, 0.2) is 0 Å². The number of rotatable bonds is 1. The zero-order valence-electron chi connectivity index (χ0n) is 7.94. The van der Waals surface area contributed by atoms with Gasteiger partial charge in [0.1, 0.15) is 0 Å². The van der Waals surface area contributed by atoms with Gasteiger partial charge in [0.05, 0.1) is 0 Å². The molecule has 0 aliphatic carbocycles. The van der Waals surface area contributed by atoms with Gasteiger partial charge in [-0.25, -0.2) is 4.79 Å². The monoisotopic (exact) mass is 184 g/mol. The molecule has 4 nitrogen and oxygen atoms in total. The summed E-state index contributed by atoms with van der Waals surface area (Å²) in [4.78, 5) is 14.9. The summed E-state index contributed by atoms with van der Waals surface area (Å²) in [7, 11) is 0. The Morgan fingerprint density at radius 2 is 1.92 bits per heavy atom. The van der Waals surface area contributed by atoms with Crippen LogP contribution in [0.4, 0.5) is 4.79 Å². The third-order valence-electron chi connectivity index (χ3n) is 3.23. The van der Waals surface area contributed by atoms with Gasteiger partial charge in [0.2, 0.25) is 0 Å². The fraction of sp³-hybridized carbons (Fsp3) is 0.889. The highest BCUT2D eigenvalue weighted by molar-refractivity contribution is 5.66. The molecule has 13 heavy (non-hydrogen) atoms. The molecule has 0 aromatic rings. The first-order valence-electron chi connectivity index (χ1n) is 4.96. The first-order valence-corrected chi connectivity index (χ1v) is 4.96. The van der Waals surface area contributed by atoms with Gasteiger partial charge < -0.3 is 5.11 Å². The van der Waals surface area contributed by atoms with E-state index >= 15 is 0 Å². The summed E-state index contributed by atoms with van der Waals surface area (Å²) < 4.78 is 0. The second-order valence-corrected chi connectivity index (χ2v) is 3.93. The maximum Gasteiger partial charge on any atom is 0.407 e. The van der Waals surface area contributed by atoms with Crippen LogP contribution in [-0.4, -0.2) is 52.7 Å². The summed E-state index contributed by atoms with van der Waals surface area (Å²) >= 11 is 0. The predicted molar refractivity (Wildman–Crippen MR) is 48.8 cm³/mol. The Morgan fingerprint density at radius 1 is 1.38 bits per heavy atom. The first-order chi connectivity index (χ1) is 6.22. The molecule has 0 saturated carbocycles. The topological polar surface area (TPSA) is 43.8 Å². The molecular formula is C9H16N2O2. The Morgan fingerprint density at radius 3 is 2.31 bits per heavy atom. The number of carbonyl (C=O) groups is 1. The normalized spacial score (nSPS) is 33.8. The van der Waals surface area contributed by atoms with Gasteiger partial charge in [-0.15, -0.1) is 0 Å². The van der Waals surface area contributed by atoms with Crippen LogP contribution in [0, 0.1) is 0 Å². The summed E-state index contributed by atoms with van der Waals surface area (Å²) in [6.45, 7) is 5.04. The second-order valence-electron chi connectivity index (χ2n) is 3.93. The zero-order chi connectivity index (χ0) is 9.42. The van der Waals surface area contributed by atoms with E-state index in [0.29, 0.717) is 0 Å². The summed E-state index contributed by atoms with van der Waals surface area (Å²) in [6, 6.07) is 0.521. The molecule has 0 aromatic carbocycles. The molecule has 2 bridgehead atoms. The fourth-order valence-corrected chi connectivity index (χ4v) is 2.56. The van der Waals surface area contributed by atoms with Gasteiger partial charge in [-0.05, 0) is 19.4 Å². The SMILES string of the molecule is CCN1CC2CCC(C1)N2C(=O)O. The highest BCUT2D eigenvalue weighted by Crippen LogP contribution is 2.29. The van der Waals surface area contributed by atoms with E-state index in [1.807, 2.05) is 0 Å². The molecule has 0 aromatic heterocycles. The summed E-state index contributed by atoms with van der Waals surface area (Å²) in [6.07, 6.45) is 1.37. The van der Waals surface area contributed by atoms with Gasteiger partial charge in [-0.1, -0.05) is 6.92 Å². The minimum absolute atomic E-state index is 0.260. The molecule has 0 radical (unpaired) electrons. The van der Waals surface area contributed by atoms with E-state index in [2.05, 4.69) is 11.8 Å². The average Bonchev–Trinajstić information content (AvgIpc) is 2.37. The Labute approximate surface area is 78.1 Å². The molecule has 4 heteroatoms. The van der Waals surface area contributed by atoms with Crippen molar-refractivity contribution in [2.45, 2.75) is 31.8 Å². The van der Waals surface area contributed by atoms with Gasteiger partial charge in [-0.2, -0.15) is 0 Å². The highest BCUT2D eigenvalue weighted by Gasteiger charge is 2.41. The van der Waals surface area contributed by atoms with Crippen molar-refractivity contribution in [3.8, 4) is 0 Å². The molecule has 2 saturated heterocycles. The van der Waals surface area contributed by atoms with Gasteiger partial charge in [-0.3, -0.25) is 9.80 Å². The Hall–Kier alpha value is -0.770. The van der Waals surface area contributed by atoms with Crippen LogP contribution < -0.4 is 0 Å². The number of fused-ring (bicyclic) bond motifs is 2. The van der Waals surface area contributed by atoms with Crippen LogP contribution in [0.5, 0.6) is 0 Å². The fourth-order valence-electron chi connectivity index (χ4n) is 2.56. The number of piperazine rings is 1. The lowest BCUT2D eigenvalue weighted by Gasteiger charge is -2.38. The predicted octanol–water partition coefficient (Wildman–Crippen LogP) is 0.833. The lowest BCUT2D eigenvalue weighted by molar-refractivity contribution is 0.0646. The minimum atomic E-state index is -0.733. The van der Waals surface area contributed by atoms with E-state index in [0.717, 1.165) is 32.5 Å². The number of likely N-dealkylation sites (N-methyl/N-ethyl adjacent to an activating group) is 1. The van der Waals surface area contributed by atoms with E-state index in [1.165, 1.54) is 0 Å². The van der Waals surface area contributed by atoms with E-state index in [9.17, 15) is 4.79 Å². The van der Waals surface area contributed by atoms with Crippen LogP contribution >= 0.6 is 0 Å². The van der Waals surface area contributed by atoms with E-state index in [4.69, 9.17) is 5.11 Å². The number of carboxylic acid groups (broad SMARTS) is 1. The number of amides is 1. The molecule has 2 rings (SSSR count). The van der Waals surface area contributed by atoms with E-state index < -0.39 is 6.09 Å². The number of likely N-dealkylation sites (tertiary alicyclic amines) is 1. The van der Waals surface area contributed by atoms with Crippen molar-refractivity contribution in [1.29, 1.82) is 0 Å². The first kappa shape index (κ1) is 8.81. The van der Waals surface area contributed by atoms with Gasteiger partial charge >= 0.3 is 6.09 Å². The van der Waals surface area contributed by atoms with Gasteiger partial charge in [0, 0.05) is 25.2 Å². The Balaban J connectivity index is 2.08. The smallest absolute Gasteiger partial charge is 0.407 e. The standard InChI is InChI=1S/C9H16N2O2/c1-2-10-5-7-3-4-8(6-10)11(7)9(12)13/h7-8H,2-6H2,1H3,(H,12,13). The van der Waals surface area contributed by atoms with Crippen molar-refractivity contribution in [3.05, 3.63) is 0 Å². The molecule has 2 heterocycles. The lowest BCUT2D eigenvalue weighted by Crippen LogP contribution is -2.55. The maximum absolute atomic E-state index is 10.9. The van der Waals surface area contributed by atoms with Crippen molar-refractivity contribution in [2.24, 2.45) is 0 Å². The van der Waals surface area contributed by atoms with E-state index in [1.54, 1.807) is 4.90 Å². The number of nitrogens with zero attached hydrogens (tertiary/aromatic N) is 2. The van der Waals surface area contributed by atoms with Crippen LogP contribution in [0.1, 0.15) is 19.8 Å². The lowest BCUT2D eigenvalue weighted by atomic mass is 10.2. The van der Waals surface area contributed by atoms with Crippen molar-refractivity contribution < 1.29 is 9.90 Å². The molecule has 1 N–H and O–H groups in total. The number of hydrogen-bond donors (Lipinski definition) is 1. The summed E-state index contributed by atoms with van der Waals surface area (Å²) in [5.41, 5.74) is 0. The third kappa shape index (κ3) is 1.39. The van der Waals surface area contributed by atoms with Crippen LogP contribution in [0.2, 0.25) is 0 Å². The maximum atomic E-state index is 10.9. The molecule has 2 aliphatic heterocycles. The molecule has 2 fully saturated rings. The van der Waals surface area contributed by atoms with Crippen LogP contribution in [0.3, 0.4) is 0 Å². The second kappa shape index (κ2) is 3.18.